The van der Waals surface area contributed by atoms with Gasteiger partial charge in [0.05, 0.1) is 0 Å². The summed E-state index contributed by atoms with van der Waals surface area (Å²) in [7, 11) is 1.78. The highest BCUT2D eigenvalue weighted by molar-refractivity contribution is 14.0. The molecule has 2 atom stereocenters. The molecule has 1 aliphatic heterocycles. The van der Waals surface area contributed by atoms with Crippen LogP contribution in [0.2, 0.25) is 0 Å². The number of rotatable bonds is 4. The number of carbonyl (C=O) groups is 1. The SMILES string of the molecule is CN=C(NCC(C)c1ccsc1)NC1CCCN(C(=O)OC(C)(C)C)C1.I. The Bertz CT molecular complexity index is 601. The first-order valence-electron chi connectivity index (χ1n) is 9.25. The van der Waals surface area contributed by atoms with E-state index in [0.717, 1.165) is 31.9 Å². The van der Waals surface area contributed by atoms with Gasteiger partial charge in [0.25, 0.3) is 0 Å². The summed E-state index contributed by atoms with van der Waals surface area (Å²) in [6.07, 6.45) is 1.73. The van der Waals surface area contributed by atoms with Crippen LogP contribution in [0.1, 0.15) is 52.0 Å². The molecular weight excluding hydrogens is 475 g/mol. The van der Waals surface area contributed by atoms with E-state index in [0.29, 0.717) is 12.5 Å². The van der Waals surface area contributed by atoms with Crippen LogP contribution in [-0.2, 0) is 4.74 Å². The van der Waals surface area contributed by atoms with Crippen LogP contribution in [0, 0.1) is 0 Å². The van der Waals surface area contributed by atoms with Crippen LogP contribution in [-0.4, -0.2) is 55.3 Å². The number of hydrogen-bond acceptors (Lipinski definition) is 4. The fourth-order valence-electron chi connectivity index (χ4n) is 2.90. The number of amides is 1. The minimum atomic E-state index is -0.465. The van der Waals surface area contributed by atoms with E-state index in [9.17, 15) is 4.79 Å². The maximum Gasteiger partial charge on any atom is 0.410 e. The molecular formula is C19H33IN4O2S. The zero-order chi connectivity index (χ0) is 19.2. The lowest BCUT2D eigenvalue weighted by Crippen LogP contribution is -2.53. The molecule has 8 heteroatoms. The van der Waals surface area contributed by atoms with Crippen molar-refractivity contribution in [2.75, 3.05) is 26.7 Å². The van der Waals surface area contributed by atoms with Gasteiger partial charge in [0.2, 0.25) is 0 Å². The Morgan fingerprint density at radius 2 is 2.22 bits per heavy atom. The number of likely N-dealkylation sites (tertiary alicyclic amines) is 1. The largest absolute Gasteiger partial charge is 0.444 e. The molecule has 1 amide bonds. The molecule has 2 rings (SSSR count). The predicted octanol–water partition coefficient (Wildman–Crippen LogP) is 4.03. The number of hydrogen-bond donors (Lipinski definition) is 2. The number of thiophene rings is 1. The third-order valence-corrected chi connectivity index (χ3v) is 5.03. The van der Waals surface area contributed by atoms with Crippen LogP contribution in [0.5, 0.6) is 0 Å². The van der Waals surface area contributed by atoms with Crippen LogP contribution in [0.15, 0.2) is 21.8 Å². The number of halogens is 1. The standard InChI is InChI=1S/C19H32N4O2S.HI/c1-14(15-8-10-26-13-15)11-21-17(20-5)22-16-7-6-9-23(12-16)18(24)25-19(2,3)4;/h8,10,13-14,16H,6-7,9,11-12H2,1-5H3,(H2,20,21,22);1H. The molecule has 2 heterocycles. The second-order valence-corrected chi connectivity index (χ2v) is 8.60. The topological polar surface area (TPSA) is 66.0 Å². The fourth-order valence-corrected chi connectivity index (χ4v) is 3.68. The van der Waals surface area contributed by atoms with Gasteiger partial charge in [-0.15, -0.1) is 24.0 Å². The second-order valence-electron chi connectivity index (χ2n) is 7.82. The van der Waals surface area contributed by atoms with Gasteiger partial charge in [-0.25, -0.2) is 4.79 Å². The van der Waals surface area contributed by atoms with Crippen LogP contribution >= 0.6 is 35.3 Å². The van der Waals surface area contributed by atoms with Crippen molar-refractivity contribution in [3.8, 4) is 0 Å². The van der Waals surface area contributed by atoms with E-state index in [-0.39, 0.29) is 36.1 Å². The highest BCUT2D eigenvalue weighted by atomic mass is 127. The van der Waals surface area contributed by atoms with Crippen LogP contribution < -0.4 is 10.6 Å². The molecule has 0 aromatic carbocycles. The summed E-state index contributed by atoms with van der Waals surface area (Å²) >= 11 is 1.72. The Hall–Kier alpha value is -1.03. The Labute approximate surface area is 184 Å². The molecule has 0 spiro atoms. The van der Waals surface area contributed by atoms with Crippen molar-refractivity contribution in [3.05, 3.63) is 22.4 Å². The average Bonchev–Trinajstić information content (AvgIpc) is 3.11. The summed E-state index contributed by atoms with van der Waals surface area (Å²) in [6.45, 7) is 10.1. The number of nitrogens with one attached hydrogen (secondary N) is 2. The van der Waals surface area contributed by atoms with Crippen molar-refractivity contribution in [3.63, 3.8) is 0 Å². The van der Waals surface area contributed by atoms with Crippen molar-refractivity contribution in [2.45, 2.75) is 58.1 Å². The molecule has 2 N–H and O–H groups in total. The van der Waals surface area contributed by atoms with Crippen molar-refractivity contribution in [1.82, 2.24) is 15.5 Å². The number of nitrogens with zero attached hydrogens (tertiary/aromatic N) is 2. The molecule has 1 fully saturated rings. The third kappa shape index (κ3) is 8.25. The van der Waals surface area contributed by atoms with Crippen LogP contribution in [0.4, 0.5) is 4.79 Å². The number of aliphatic imine (C=N–C) groups is 1. The number of ether oxygens (including phenoxy) is 1. The van der Waals surface area contributed by atoms with Gasteiger partial charge in [-0.1, -0.05) is 6.92 Å². The molecule has 1 aromatic heterocycles. The first-order chi connectivity index (χ1) is 12.3. The summed E-state index contributed by atoms with van der Waals surface area (Å²) in [5, 5.41) is 11.1. The zero-order valence-corrected chi connectivity index (χ0v) is 20.1. The highest BCUT2D eigenvalue weighted by Gasteiger charge is 2.28. The van der Waals surface area contributed by atoms with Gasteiger partial charge >= 0.3 is 6.09 Å². The zero-order valence-electron chi connectivity index (χ0n) is 16.9. The summed E-state index contributed by atoms with van der Waals surface area (Å²) < 4.78 is 5.49. The molecule has 1 aliphatic rings. The summed E-state index contributed by atoms with van der Waals surface area (Å²) in [4.78, 5) is 18.4. The smallest absolute Gasteiger partial charge is 0.410 e. The van der Waals surface area contributed by atoms with Gasteiger partial charge < -0.3 is 20.3 Å². The molecule has 0 saturated carbocycles. The van der Waals surface area contributed by atoms with E-state index in [2.05, 4.69) is 39.4 Å². The maximum absolute atomic E-state index is 12.3. The van der Waals surface area contributed by atoms with E-state index >= 15 is 0 Å². The van der Waals surface area contributed by atoms with Gasteiger partial charge in [-0.2, -0.15) is 11.3 Å². The predicted molar refractivity (Wildman–Crippen MR) is 123 cm³/mol. The number of carbonyl (C=O) groups excluding carboxylic acids is 1. The minimum absolute atomic E-state index is 0. The Balaban J connectivity index is 0.00000364. The average molecular weight is 508 g/mol. The van der Waals surface area contributed by atoms with E-state index in [1.807, 2.05) is 20.8 Å². The van der Waals surface area contributed by atoms with E-state index in [1.165, 1.54) is 5.56 Å². The van der Waals surface area contributed by atoms with Crippen molar-refractivity contribution >= 4 is 47.4 Å². The van der Waals surface area contributed by atoms with E-state index in [1.54, 1.807) is 23.3 Å². The van der Waals surface area contributed by atoms with Gasteiger partial charge in [0.1, 0.15) is 5.60 Å². The van der Waals surface area contributed by atoms with Gasteiger partial charge in [-0.05, 0) is 61.9 Å². The molecule has 0 aliphatic carbocycles. The van der Waals surface area contributed by atoms with Gasteiger partial charge in [0.15, 0.2) is 5.96 Å². The molecule has 0 bridgehead atoms. The quantitative estimate of drug-likeness (QED) is 0.366. The second kappa shape index (κ2) is 11.1. The molecule has 6 nitrogen and oxygen atoms in total. The lowest BCUT2D eigenvalue weighted by Gasteiger charge is -2.35. The monoisotopic (exact) mass is 508 g/mol. The molecule has 27 heavy (non-hydrogen) atoms. The molecule has 1 aromatic rings. The van der Waals surface area contributed by atoms with E-state index < -0.39 is 5.60 Å². The third-order valence-electron chi connectivity index (χ3n) is 4.33. The first kappa shape index (κ1) is 24.0. The summed E-state index contributed by atoms with van der Waals surface area (Å²) in [5.41, 5.74) is 0.874. The highest BCUT2D eigenvalue weighted by Crippen LogP contribution is 2.17. The Kier molecular flexibility index (Phi) is 9.86. The maximum atomic E-state index is 12.3. The summed E-state index contributed by atoms with van der Waals surface area (Å²) in [6, 6.07) is 2.34. The van der Waals surface area contributed by atoms with E-state index in [4.69, 9.17) is 4.74 Å². The van der Waals surface area contributed by atoms with Crippen LogP contribution in [0.3, 0.4) is 0 Å². The first-order valence-corrected chi connectivity index (χ1v) is 10.2. The molecule has 1 saturated heterocycles. The summed E-state index contributed by atoms with van der Waals surface area (Å²) in [5.74, 6) is 1.20. The number of piperidine rings is 1. The lowest BCUT2D eigenvalue weighted by molar-refractivity contribution is 0.0193. The molecule has 2 unspecified atom stereocenters. The molecule has 154 valence electrons. The molecule has 0 radical (unpaired) electrons. The van der Waals surface area contributed by atoms with Crippen molar-refractivity contribution in [1.29, 1.82) is 0 Å². The minimum Gasteiger partial charge on any atom is -0.444 e. The van der Waals surface area contributed by atoms with Gasteiger partial charge in [-0.3, -0.25) is 4.99 Å². The van der Waals surface area contributed by atoms with Crippen molar-refractivity contribution < 1.29 is 9.53 Å². The van der Waals surface area contributed by atoms with Gasteiger partial charge in [0, 0.05) is 32.7 Å². The normalized spacial score (nSPS) is 19.1. The lowest BCUT2D eigenvalue weighted by atomic mass is 10.1. The fraction of sp³-hybridized carbons (Fsp3) is 0.684. The van der Waals surface area contributed by atoms with Crippen LogP contribution in [0.25, 0.3) is 0 Å². The Morgan fingerprint density at radius 3 is 2.81 bits per heavy atom. The van der Waals surface area contributed by atoms with Crippen molar-refractivity contribution in [2.24, 2.45) is 4.99 Å². The number of guanidine groups is 1. The Morgan fingerprint density at radius 1 is 1.48 bits per heavy atom.